The van der Waals surface area contributed by atoms with Crippen molar-refractivity contribution in [3.05, 3.63) is 125 Å². The van der Waals surface area contributed by atoms with Crippen molar-refractivity contribution in [1.82, 2.24) is 14.9 Å². The Kier molecular flexibility index (Phi) is 6.45. The molecule has 2 unspecified atom stereocenters. The van der Waals surface area contributed by atoms with Gasteiger partial charge in [0.15, 0.2) is 0 Å². The van der Waals surface area contributed by atoms with Gasteiger partial charge in [0.2, 0.25) is 5.91 Å². The fourth-order valence-electron chi connectivity index (χ4n) is 5.21. The number of hydrogen-bond acceptors (Lipinski definition) is 3. The van der Waals surface area contributed by atoms with Crippen LogP contribution in [0, 0.1) is 18.3 Å². The molecule has 174 valence electrons. The number of fused-ring (bicyclic) bond motifs is 1. The van der Waals surface area contributed by atoms with Crippen molar-refractivity contribution in [3.8, 4) is 6.07 Å². The molecule has 5 rings (SSSR count). The van der Waals surface area contributed by atoms with Crippen LogP contribution in [-0.2, 0) is 4.79 Å². The Labute approximate surface area is 206 Å². The lowest BCUT2D eigenvalue weighted by atomic mass is 9.88. The highest BCUT2D eigenvalue weighted by Crippen LogP contribution is 2.37. The Bertz CT molecular complexity index is 1300. The number of amides is 1. The molecule has 2 heterocycles. The molecular weight excluding hydrogens is 432 g/mol. The average molecular weight is 461 g/mol. The van der Waals surface area contributed by atoms with Crippen molar-refractivity contribution < 1.29 is 4.79 Å². The van der Waals surface area contributed by atoms with E-state index in [0.717, 1.165) is 41.1 Å². The minimum Gasteiger partial charge on any atom is -0.348 e. The summed E-state index contributed by atoms with van der Waals surface area (Å²) in [6.07, 6.45) is 4.00. The van der Waals surface area contributed by atoms with Crippen LogP contribution in [0.15, 0.2) is 91.1 Å². The van der Waals surface area contributed by atoms with Gasteiger partial charge in [-0.3, -0.25) is 4.79 Å². The molecule has 5 nitrogen and oxygen atoms in total. The van der Waals surface area contributed by atoms with E-state index >= 15 is 0 Å². The normalized spacial score (nSPS) is 16.9. The molecule has 1 aliphatic heterocycles. The molecule has 1 aromatic heterocycles. The zero-order valence-corrected chi connectivity index (χ0v) is 19.8. The Morgan fingerprint density at radius 2 is 1.63 bits per heavy atom. The van der Waals surface area contributed by atoms with E-state index in [4.69, 9.17) is 5.26 Å². The van der Waals surface area contributed by atoms with Crippen LogP contribution >= 0.6 is 0 Å². The van der Waals surface area contributed by atoms with Crippen LogP contribution in [0.3, 0.4) is 0 Å². The monoisotopic (exact) mass is 460 g/mol. The van der Waals surface area contributed by atoms with Gasteiger partial charge in [0.1, 0.15) is 5.82 Å². The van der Waals surface area contributed by atoms with Crippen molar-refractivity contribution in [2.24, 2.45) is 0 Å². The minimum absolute atomic E-state index is 0.000894. The molecular formula is C30H28N4O. The van der Waals surface area contributed by atoms with E-state index < -0.39 is 0 Å². The van der Waals surface area contributed by atoms with E-state index in [1.54, 1.807) is 0 Å². The van der Waals surface area contributed by atoms with Gasteiger partial charge in [-0.05, 0) is 48.6 Å². The van der Waals surface area contributed by atoms with Crippen molar-refractivity contribution in [2.75, 3.05) is 0 Å². The van der Waals surface area contributed by atoms with Crippen LogP contribution in [0.1, 0.15) is 71.0 Å². The molecule has 2 atom stereocenters. The number of nitrogens with zero attached hydrogens (tertiary/aromatic N) is 3. The topological polar surface area (TPSA) is 70.7 Å². The van der Waals surface area contributed by atoms with Crippen LogP contribution in [0.25, 0.3) is 0 Å². The maximum Gasteiger partial charge on any atom is 0.221 e. The molecule has 0 saturated heterocycles. The first-order valence-corrected chi connectivity index (χ1v) is 12.1. The van der Waals surface area contributed by atoms with Crippen molar-refractivity contribution in [3.63, 3.8) is 0 Å². The second-order valence-corrected chi connectivity index (χ2v) is 9.13. The van der Waals surface area contributed by atoms with Crippen LogP contribution < -0.4 is 5.32 Å². The third-order valence-corrected chi connectivity index (χ3v) is 6.96. The summed E-state index contributed by atoms with van der Waals surface area (Å²) in [7, 11) is 0. The summed E-state index contributed by atoms with van der Waals surface area (Å²) < 4.78 is 2.24. The number of benzene rings is 3. The van der Waals surface area contributed by atoms with Crippen molar-refractivity contribution in [2.45, 2.75) is 44.2 Å². The van der Waals surface area contributed by atoms with Gasteiger partial charge >= 0.3 is 0 Å². The van der Waals surface area contributed by atoms with Gasteiger partial charge in [0.25, 0.3) is 0 Å². The number of rotatable bonds is 6. The summed E-state index contributed by atoms with van der Waals surface area (Å²) in [5, 5.41) is 12.4. The van der Waals surface area contributed by atoms with E-state index in [9.17, 15) is 4.79 Å². The highest BCUT2D eigenvalue weighted by molar-refractivity contribution is 5.78. The Hall–Kier alpha value is -4.17. The summed E-state index contributed by atoms with van der Waals surface area (Å²) in [6, 6.07) is 30.5. The first kappa shape index (κ1) is 22.6. The van der Waals surface area contributed by atoms with E-state index in [-0.39, 0.29) is 23.9 Å². The van der Waals surface area contributed by atoms with Crippen LogP contribution in [0.2, 0.25) is 0 Å². The van der Waals surface area contributed by atoms with Crippen molar-refractivity contribution >= 4 is 5.91 Å². The van der Waals surface area contributed by atoms with Crippen molar-refractivity contribution in [1.29, 1.82) is 5.26 Å². The molecule has 3 aromatic carbocycles. The fraction of sp³-hybridized carbons (Fsp3) is 0.233. The van der Waals surface area contributed by atoms with Gasteiger partial charge in [-0.15, -0.1) is 0 Å². The van der Waals surface area contributed by atoms with Crippen LogP contribution in [-0.4, -0.2) is 15.5 Å². The summed E-state index contributed by atoms with van der Waals surface area (Å²) in [5.74, 6) is 0.966. The molecule has 0 radical (unpaired) electrons. The molecule has 1 amide bonds. The number of nitrogens with one attached hydrogen (secondary N) is 1. The highest BCUT2D eigenvalue weighted by atomic mass is 16.1. The van der Waals surface area contributed by atoms with Gasteiger partial charge in [-0.2, -0.15) is 5.26 Å². The minimum atomic E-state index is -0.0782. The third kappa shape index (κ3) is 4.74. The number of aromatic nitrogens is 2. The SMILES string of the molecule is Cc1ncc2n1C(c1ccc(C#N)cc1)CCC2NC(=O)CC(c1ccccc1)c1ccccc1. The highest BCUT2D eigenvalue weighted by Gasteiger charge is 2.31. The summed E-state index contributed by atoms with van der Waals surface area (Å²) in [5.41, 5.74) is 5.12. The van der Waals surface area contributed by atoms with E-state index in [2.05, 4.69) is 45.2 Å². The molecule has 0 saturated carbocycles. The lowest BCUT2D eigenvalue weighted by molar-refractivity contribution is -0.122. The summed E-state index contributed by atoms with van der Waals surface area (Å²) >= 11 is 0. The van der Waals surface area contributed by atoms with Gasteiger partial charge in [-0.25, -0.2) is 4.98 Å². The molecule has 0 bridgehead atoms. The van der Waals surface area contributed by atoms with Gasteiger partial charge in [0.05, 0.1) is 35.6 Å². The summed E-state index contributed by atoms with van der Waals surface area (Å²) in [4.78, 5) is 17.9. The van der Waals surface area contributed by atoms with E-state index in [1.807, 2.05) is 73.8 Å². The summed E-state index contributed by atoms with van der Waals surface area (Å²) in [6.45, 7) is 2.01. The number of carbonyl (C=O) groups is 1. The molecule has 1 aliphatic rings. The van der Waals surface area contributed by atoms with E-state index in [0.29, 0.717) is 12.0 Å². The lowest BCUT2D eigenvalue weighted by Gasteiger charge is -2.33. The number of aryl methyl sites for hydroxylation is 1. The average Bonchev–Trinajstić information content (AvgIpc) is 3.30. The zero-order chi connectivity index (χ0) is 24.2. The Morgan fingerprint density at radius 3 is 2.23 bits per heavy atom. The van der Waals surface area contributed by atoms with Gasteiger partial charge < -0.3 is 9.88 Å². The molecule has 0 aliphatic carbocycles. The smallest absolute Gasteiger partial charge is 0.221 e. The maximum atomic E-state index is 13.3. The van der Waals surface area contributed by atoms with Crippen LogP contribution in [0.4, 0.5) is 0 Å². The molecule has 0 fully saturated rings. The first-order chi connectivity index (χ1) is 17.1. The van der Waals surface area contributed by atoms with E-state index in [1.165, 1.54) is 0 Å². The maximum absolute atomic E-state index is 13.3. The van der Waals surface area contributed by atoms with Gasteiger partial charge in [0, 0.05) is 12.3 Å². The van der Waals surface area contributed by atoms with Gasteiger partial charge in [-0.1, -0.05) is 72.8 Å². The quantitative estimate of drug-likeness (QED) is 0.394. The standard InChI is InChI=1S/C30H28N4O/c1-21-32-20-29-27(16-17-28(34(21)29)25-14-12-22(19-31)13-15-25)33-30(35)18-26(23-8-4-2-5-9-23)24-10-6-3-7-11-24/h2-15,20,26-28H,16-18H2,1H3,(H,33,35). The van der Waals surface area contributed by atoms with Crippen LogP contribution in [0.5, 0.6) is 0 Å². The third-order valence-electron chi connectivity index (χ3n) is 6.96. The lowest BCUT2D eigenvalue weighted by Crippen LogP contribution is -2.35. The largest absolute Gasteiger partial charge is 0.348 e. The number of carbonyl (C=O) groups excluding carboxylic acids is 1. The second kappa shape index (κ2) is 9.99. The molecule has 0 spiro atoms. The first-order valence-electron chi connectivity index (χ1n) is 12.1. The number of hydrogen-bond donors (Lipinski definition) is 1. The molecule has 35 heavy (non-hydrogen) atoms. The molecule has 4 aromatic rings. The zero-order valence-electron chi connectivity index (χ0n) is 19.8. The fourth-order valence-corrected chi connectivity index (χ4v) is 5.21. The predicted octanol–water partition coefficient (Wildman–Crippen LogP) is 5.83. The Morgan fingerprint density at radius 1 is 1.00 bits per heavy atom. The predicted molar refractivity (Wildman–Crippen MR) is 136 cm³/mol. The molecule has 1 N–H and O–H groups in total. The number of nitriles is 1. The Balaban J connectivity index is 1.36. The number of imidazole rings is 1. The molecule has 5 heteroatoms. The second-order valence-electron chi connectivity index (χ2n) is 9.13.